The summed E-state index contributed by atoms with van der Waals surface area (Å²) in [4.78, 5) is 39.4. The number of ether oxygens (including phenoxy) is 1. The molecule has 27 heavy (non-hydrogen) atoms. The maximum Gasteiger partial charge on any atom is 0.305 e. The predicted molar refractivity (Wildman–Crippen MR) is 100 cm³/mol. The molecule has 1 aliphatic rings. The zero-order valence-corrected chi connectivity index (χ0v) is 16.0. The van der Waals surface area contributed by atoms with E-state index in [0.29, 0.717) is 25.3 Å². The van der Waals surface area contributed by atoms with Gasteiger partial charge in [-0.15, -0.1) is 0 Å². The quantitative estimate of drug-likeness (QED) is 0.750. The fraction of sp³-hybridized carbons (Fsp3) is 0.550. The summed E-state index contributed by atoms with van der Waals surface area (Å²) in [6.07, 6.45) is 1.38. The molecule has 1 heterocycles. The van der Waals surface area contributed by atoms with Crippen LogP contribution < -0.4 is 4.74 Å². The zero-order valence-electron chi connectivity index (χ0n) is 16.0. The number of carboxylic acids is 1. The first-order valence-electron chi connectivity index (χ1n) is 9.36. The molecular formula is C20H28N2O5. The normalized spacial score (nSPS) is 16.9. The molecule has 0 aromatic heterocycles. The lowest BCUT2D eigenvalue weighted by Gasteiger charge is -2.36. The summed E-state index contributed by atoms with van der Waals surface area (Å²) >= 11 is 0. The Labute approximate surface area is 159 Å². The summed E-state index contributed by atoms with van der Waals surface area (Å²) in [7, 11) is 0. The lowest BCUT2D eigenvalue weighted by molar-refractivity contribution is -0.143. The molecule has 2 rings (SSSR count). The average molecular weight is 376 g/mol. The average Bonchev–Trinajstić information content (AvgIpc) is 2.66. The number of nitrogens with zero attached hydrogens (tertiary/aromatic N) is 2. The van der Waals surface area contributed by atoms with Crippen molar-refractivity contribution in [2.45, 2.75) is 39.2 Å². The van der Waals surface area contributed by atoms with Crippen LogP contribution in [0.2, 0.25) is 0 Å². The van der Waals surface area contributed by atoms with E-state index in [1.54, 1.807) is 21.9 Å². The van der Waals surface area contributed by atoms with Crippen LogP contribution in [0.1, 0.15) is 33.1 Å². The second-order valence-corrected chi connectivity index (χ2v) is 7.05. The minimum atomic E-state index is -0.924. The molecule has 2 amide bonds. The standard InChI is InChI=1S/C20H28N2O5/c1-15(2)22(12-10-19(24)25)20(26)16-7-6-11-21(13-16)18(23)14-27-17-8-4-3-5-9-17/h3-5,8-9,15-16H,6-7,10-14H2,1-2H3,(H,24,25). The zero-order chi connectivity index (χ0) is 19.8. The fourth-order valence-corrected chi connectivity index (χ4v) is 3.23. The van der Waals surface area contributed by atoms with E-state index in [1.807, 2.05) is 32.0 Å². The van der Waals surface area contributed by atoms with Gasteiger partial charge in [-0.3, -0.25) is 14.4 Å². The molecule has 7 heteroatoms. The van der Waals surface area contributed by atoms with E-state index >= 15 is 0 Å². The van der Waals surface area contributed by atoms with E-state index in [2.05, 4.69) is 0 Å². The smallest absolute Gasteiger partial charge is 0.305 e. The van der Waals surface area contributed by atoms with Gasteiger partial charge >= 0.3 is 5.97 Å². The van der Waals surface area contributed by atoms with Gasteiger partial charge in [0.2, 0.25) is 5.91 Å². The predicted octanol–water partition coefficient (Wildman–Crippen LogP) is 2.02. The number of rotatable bonds is 8. The van der Waals surface area contributed by atoms with Gasteiger partial charge < -0.3 is 19.6 Å². The molecule has 1 aromatic carbocycles. The van der Waals surface area contributed by atoms with Gasteiger partial charge in [0, 0.05) is 25.7 Å². The molecule has 1 atom stereocenters. The maximum absolute atomic E-state index is 12.9. The molecule has 1 fully saturated rings. The highest BCUT2D eigenvalue weighted by Gasteiger charge is 2.32. The highest BCUT2D eigenvalue weighted by atomic mass is 16.5. The highest BCUT2D eigenvalue weighted by Crippen LogP contribution is 2.21. The molecule has 1 saturated heterocycles. The number of hydrogen-bond acceptors (Lipinski definition) is 4. The van der Waals surface area contributed by atoms with Crippen molar-refractivity contribution >= 4 is 17.8 Å². The Morgan fingerprint density at radius 1 is 1.26 bits per heavy atom. The summed E-state index contributed by atoms with van der Waals surface area (Å²) in [5, 5.41) is 8.90. The number of benzene rings is 1. The van der Waals surface area contributed by atoms with E-state index in [-0.39, 0.29) is 43.3 Å². The Kier molecular flexibility index (Phi) is 7.64. The van der Waals surface area contributed by atoms with Crippen LogP contribution in [-0.4, -0.2) is 65.0 Å². The first-order valence-corrected chi connectivity index (χ1v) is 9.36. The minimum absolute atomic E-state index is 0.0577. The molecule has 0 saturated carbocycles. The van der Waals surface area contributed by atoms with Crippen molar-refractivity contribution in [3.05, 3.63) is 30.3 Å². The van der Waals surface area contributed by atoms with E-state index in [0.717, 1.165) is 6.42 Å². The lowest BCUT2D eigenvalue weighted by atomic mass is 9.95. The molecule has 0 radical (unpaired) electrons. The van der Waals surface area contributed by atoms with Crippen LogP contribution in [-0.2, 0) is 14.4 Å². The number of aliphatic carboxylic acids is 1. The Morgan fingerprint density at radius 2 is 1.96 bits per heavy atom. The number of para-hydroxylation sites is 1. The number of hydrogen-bond donors (Lipinski definition) is 1. The number of carbonyl (C=O) groups is 3. The van der Waals surface area contributed by atoms with Crippen LogP contribution in [0.4, 0.5) is 0 Å². The van der Waals surface area contributed by atoms with Gasteiger partial charge in [0.05, 0.1) is 12.3 Å². The molecule has 0 spiro atoms. The van der Waals surface area contributed by atoms with Crippen LogP contribution in [0, 0.1) is 5.92 Å². The minimum Gasteiger partial charge on any atom is -0.484 e. The molecule has 148 valence electrons. The van der Waals surface area contributed by atoms with Gasteiger partial charge in [0.25, 0.3) is 5.91 Å². The summed E-state index contributed by atoms with van der Waals surface area (Å²) in [5.74, 6) is -0.802. The topological polar surface area (TPSA) is 87.2 Å². The first kappa shape index (κ1) is 20.7. The van der Waals surface area contributed by atoms with Crippen molar-refractivity contribution < 1.29 is 24.2 Å². The van der Waals surface area contributed by atoms with Gasteiger partial charge in [-0.1, -0.05) is 18.2 Å². The summed E-state index contributed by atoms with van der Waals surface area (Å²) in [5.41, 5.74) is 0. The highest BCUT2D eigenvalue weighted by molar-refractivity contribution is 5.82. The van der Waals surface area contributed by atoms with E-state index in [4.69, 9.17) is 9.84 Å². The molecule has 0 bridgehead atoms. The second kappa shape index (κ2) is 9.94. The Balaban J connectivity index is 1.91. The van der Waals surface area contributed by atoms with Crippen LogP contribution in [0.5, 0.6) is 5.75 Å². The van der Waals surface area contributed by atoms with Gasteiger partial charge in [0.1, 0.15) is 5.75 Å². The van der Waals surface area contributed by atoms with E-state index in [9.17, 15) is 14.4 Å². The molecule has 7 nitrogen and oxygen atoms in total. The Bertz CT molecular complexity index is 647. The number of carbonyl (C=O) groups excluding carboxylic acids is 2. The molecule has 1 aliphatic heterocycles. The van der Waals surface area contributed by atoms with Crippen molar-refractivity contribution in [2.75, 3.05) is 26.2 Å². The SMILES string of the molecule is CC(C)N(CCC(=O)O)C(=O)C1CCCN(C(=O)COc2ccccc2)C1. The fourth-order valence-electron chi connectivity index (χ4n) is 3.23. The Morgan fingerprint density at radius 3 is 2.59 bits per heavy atom. The molecule has 0 aliphatic carbocycles. The van der Waals surface area contributed by atoms with Crippen LogP contribution in [0.15, 0.2) is 30.3 Å². The van der Waals surface area contributed by atoms with Crippen molar-refractivity contribution in [1.29, 1.82) is 0 Å². The van der Waals surface area contributed by atoms with Crippen molar-refractivity contribution in [3.63, 3.8) is 0 Å². The molecule has 1 unspecified atom stereocenters. The lowest BCUT2D eigenvalue weighted by Crippen LogP contribution is -2.49. The van der Waals surface area contributed by atoms with Gasteiger partial charge in [-0.25, -0.2) is 0 Å². The molecule has 1 aromatic rings. The van der Waals surface area contributed by atoms with E-state index in [1.165, 1.54) is 0 Å². The summed E-state index contributed by atoms with van der Waals surface area (Å²) in [6.45, 7) is 4.84. The number of likely N-dealkylation sites (tertiary alicyclic amines) is 1. The third-order valence-electron chi connectivity index (χ3n) is 4.70. The number of piperidine rings is 1. The Hall–Kier alpha value is -2.57. The third-order valence-corrected chi connectivity index (χ3v) is 4.70. The van der Waals surface area contributed by atoms with Crippen molar-refractivity contribution in [1.82, 2.24) is 9.80 Å². The van der Waals surface area contributed by atoms with Crippen molar-refractivity contribution in [2.24, 2.45) is 5.92 Å². The largest absolute Gasteiger partial charge is 0.484 e. The van der Waals surface area contributed by atoms with Gasteiger partial charge in [0.15, 0.2) is 6.61 Å². The third kappa shape index (κ3) is 6.27. The van der Waals surface area contributed by atoms with E-state index < -0.39 is 5.97 Å². The maximum atomic E-state index is 12.9. The first-order chi connectivity index (χ1) is 12.9. The monoisotopic (exact) mass is 376 g/mol. The van der Waals surface area contributed by atoms with Crippen LogP contribution >= 0.6 is 0 Å². The second-order valence-electron chi connectivity index (χ2n) is 7.05. The van der Waals surface area contributed by atoms with Crippen LogP contribution in [0.25, 0.3) is 0 Å². The van der Waals surface area contributed by atoms with Gasteiger partial charge in [-0.2, -0.15) is 0 Å². The van der Waals surface area contributed by atoms with Crippen LogP contribution in [0.3, 0.4) is 0 Å². The van der Waals surface area contributed by atoms with Gasteiger partial charge in [-0.05, 0) is 38.8 Å². The molecular weight excluding hydrogens is 348 g/mol. The summed E-state index contributed by atoms with van der Waals surface area (Å²) in [6, 6.07) is 9.06. The molecule has 1 N–H and O–H groups in total. The summed E-state index contributed by atoms with van der Waals surface area (Å²) < 4.78 is 5.52. The number of amides is 2. The van der Waals surface area contributed by atoms with Crippen molar-refractivity contribution in [3.8, 4) is 5.75 Å². The number of carboxylic acid groups (broad SMARTS) is 1.